The zero-order chi connectivity index (χ0) is 13.8. The predicted octanol–water partition coefficient (Wildman–Crippen LogP) is 2.58. The number of nitrogens with one attached hydrogen (secondary N) is 1. The standard InChI is InChI=1S/C15H31NO2/c1-11-6-7-14(12(2)8-11)16-9-13(17)10-18-15(3,4)5/h11-14,16-17H,6-10H2,1-5H3. The van der Waals surface area contributed by atoms with E-state index in [2.05, 4.69) is 19.2 Å². The van der Waals surface area contributed by atoms with Gasteiger partial charge in [-0.05, 0) is 51.9 Å². The van der Waals surface area contributed by atoms with E-state index >= 15 is 0 Å². The molecular weight excluding hydrogens is 226 g/mol. The molecule has 0 aromatic rings. The first-order chi connectivity index (χ1) is 8.28. The molecular formula is C15H31NO2. The van der Waals surface area contributed by atoms with Crippen LogP contribution in [0.3, 0.4) is 0 Å². The molecule has 0 bridgehead atoms. The molecule has 2 N–H and O–H groups in total. The van der Waals surface area contributed by atoms with Crippen LogP contribution >= 0.6 is 0 Å². The number of aliphatic hydroxyl groups excluding tert-OH is 1. The molecule has 0 heterocycles. The molecule has 1 saturated carbocycles. The Kier molecular flexibility index (Phi) is 6.09. The smallest absolute Gasteiger partial charge is 0.0898 e. The largest absolute Gasteiger partial charge is 0.389 e. The van der Waals surface area contributed by atoms with Crippen molar-refractivity contribution in [1.82, 2.24) is 5.32 Å². The first-order valence-corrected chi connectivity index (χ1v) is 7.33. The summed E-state index contributed by atoms with van der Waals surface area (Å²) < 4.78 is 5.58. The molecule has 18 heavy (non-hydrogen) atoms. The predicted molar refractivity (Wildman–Crippen MR) is 75.7 cm³/mol. The fourth-order valence-corrected chi connectivity index (χ4v) is 2.66. The average molecular weight is 257 g/mol. The van der Waals surface area contributed by atoms with Crippen molar-refractivity contribution in [2.24, 2.45) is 11.8 Å². The summed E-state index contributed by atoms with van der Waals surface area (Å²) in [5, 5.41) is 13.4. The van der Waals surface area contributed by atoms with E-state index < -0.39 is 6.10 Å². The van der Waals surface area contributed by atoms with Crippen LogP contribution in [0.4, 0.5) is 0 Å². The van der Waals surface area contributed by atoms with Crippen LogP contribution in [0.5, 0.6) is 0 Å². The van der Waals surface area contributed by atoms with Gasteiger partial charge >= 0.3 is 0 Å². The van der Waals surface area contributed by atoms with Crippen LogP contribution < -0.4 is 5.32 Å². The zero-order valence-corrected chi connectivity index (χ0v) is 12.7. The Morgan fingerprint density at radius 1 is 1.28 bits per heavy atom. The van der Waals surface area contributed by atoms with Gasteiger partial charge in [-0.3, -0.25) is 0 Å². The van der Waals surface area contributed by atoms with Gasteiger partial charge in [0.05, 0.1) is 18.3 Å². The van der Waals surface area contributed by atoms with Crippen LogP contribution in [-0.4, -0.2) is 36.0 Å². The lowest BCUT2D eigenvalue weighted by Crippen LogP contribution is -2.44. The summed E-state index contributed by atoms with van der Waals surface area (Å²) in [6.45, 7) is 11.7. The molecule has 0 aromatic heterocycles. The van der Waals surface area contributed by atoms with Crippen molar-refractivity contribution in [3.05, 3.63) is 0 Å². The van der Waals surface area contributed by atoms with Crippen molar-refractivity contribution in [2.45, 2.75) is 71.6 Å². The molecule has 1 aliphatic rings. The highest BCUT2D eigenvalue weighted by Gasteiger charge is 2.25. The Balaban J connectivity index is 2.20. The number of ether oxygens (including phenoxy) is 1. The van der Waals surface area contributed by atoms with E-state index in [1.807, 2.05) is 20.8 Å². The monoisotopic (exact) mass is 257 g/mol. The highest BCUT2D eigenvalue weighted by Crippen LogP contribution is 2.28. The SMILES string of the molecule is CC1CCC(NCC(O)COC(C)(C)C)C(C)C1. The molecule has 0 saturated heterocycles. The summed E-state index contributed by atoms with van der Waals surface area (Å²) in [6, 6.07) is 0.561. The van der Waals surface area contributed by atoms with E-state index in [1.54, 1.807) is 0 Å². The van der Waals surface area contributed by atoms with Crippen LogP contribution in [0.1, 0.15) is 53.9 Å². The van der Waals surface area contributed by atoms with Crippen molar-refractivity contribution in [1.29, 1.82) is 0 Å². The molecule has 4 unspecified atom stereocenters. The van der Waals surface area contributed by atoms with Crippen molar-refractivity contribution < 1.29 is 9.84 Å². The molecule has 3 nitrogen and oxygen atoms in total. The van der Waals surface area contributed by atoms with E-state index in [0.29, 0.717) is 25.1 Å². The van der Waals surface area contributed by atoms with Crippen LogP contribution in [0.25, 0.3) is 0 Å². The van der Waals surface area contributed by atoms with Crippen molar-refractivity contribution in [3.63, 3.8) is 0 Å². The summed E-state index contributed by atoms with van der Waals surface area (Å²) in [5.41, 5.74) is -0.172. The van der Waals surface area contributed by atoms with E-state index in [0.717, 1.165) is 5.92 Å². The van der Waals surface area contributed by atoms with Gasteiger partial charge in [-0.1, -0.05) is 13.8 Å². The number of hydrogen-bond acceptors (Lipinski definition) is 3. The van der Waals surface area contributed by atoms with Crippen LogP contribution in [-0.2, 0) is 4.74 Å². The van der Waals surface area contributed by atoms with Gasteiger partial charge in [0, 0.05) is 12.6 Å². The molecule has 108 valence electrons. The van der Waals surface area contributed by atoms with E-state index in [-0.39, 0.29) is 5.60 Å². The third-order valence-electron chi connectivity index (χ3n) is 3.76. The van der Waals surface area contributed by atoms with Gasteiger partial charge in [0.15, 0.2) is 0 Å². The van der Waals surface area contributed by atoms with Crippen LogP contribution in [0.2, 0.25) is 0 Å². The summed E-state index contributed by atoms with van der Waals surface area (Å²) in [7, 11) is 0. The van der Waals surface area contributed by atoms with Crippen molar-refractivity contribution in [3.8, 4) is 0 Å². The maximum atomic E-state index is 9.89. The molecule has 1 rings (SSSR count). The normalized spacial score (nSPS) is 31.3. The second kappa shape index (κ2) is 6.88. The molecule has 3 heteroatoms. The van der Waals surface area contributed by atoms with Crippen molar-refractivity contribution >= 4 is 0 Å². The van der Waals surface area contributed by atoms with E-state index in [9.17, 15) is 5.11 Å². The molecule has 0 radical (unpaired) electrons. The van der Waals surface area contributed by atoms with E-state index in [4.69, 9.17) is 4.74 Å². The molecule has 0 aromatic carbocycles. The molecule has 0 spiro atoms. The van der Waals surface area contributed by atoms with Gasteiger partial charge in [0.1, 0.15) is 0 Å². The summed E-state index contributed by atoms with van der Waals surface area (Å²) >= 11 is 0. The lowest BCUT2D eigenvalue weighted by atomic mass is 9.80. The van der Waals surface area contributed by atoms with Crippen LogP contribution in [0.15, 0.2) is 0 Å². The van der Waals surface area contributed by atoms with Gasteiger partial charge in [0.25, 0.3) is 0 Å². The number of aliphatic hydroxyl groups is 1. The molecule has 0 aliphatic heterocycles. The van der Waals surface area contributed by atoms with Gasteiger partial charge in [-0.2, -0.15) is 0 Å². The minimum absolute atomic E-state index is 0.172. The van der Waals surface area contributed by atoms with Crippen molar-refractivity contribution in [2.75, 3.05) is 13.2 Å². The maximum absolute atomic E-state index is 9.89. The van der Waals surface area contributed by atoms with Gasteiger partial charge in [-0.15, -0.1) is 0 Å². The topological polar surface area (TPSA) is 41.5 Å². The third kappa shape index (κ3) is 6.17. The fourth-order valence-electron chi connectivity index (χ4n) is 2.66. The summed E-state index contributed by atoms with van der Waals surface area (Å²) in [6.07, 6.45) is 3.42. The second-order valence-electron chi connectivity index (χ2n) is 6.99. The maximum Gasteiger partial charge on any atom is 0.0898 e. The Labute approximate surface area is 112 Å². The van der Waals surface area contributed by atoms with Gasteiger partial charge in [0.2, 0.25) is 0 Å². The Morgan fingerprint density at radius 2 is 1.94 bits per heavy atom. The summed E-state index contributed by atoms with van der Waals surface area (Å²) in [5.74, 6) is 1.57. The molecule has 1 fully saturated rings. The molecule has 0 amide bonds. The fraction of sp³-hybridized carbons (Fsp3) is 1.00. The highest BCUT2D eigenvalue weighted by atomic mass is 16.5. The Morgan fingerprint density at radius 3 is 2.50 bits per heavy atom. The average Bonchev–Trinajstić information content (AvgIpc) is 2.24. The second-order valence-corrected chi connectivity index (χ2v) is 6.99. The van der Waals surface area contributed by atoms with Gasteiger partial charge < -0.3 is 15.2 Å². The lowest BCUT2D eigenvalue weighted by Gasteiger charge is -2.34. The highest BCUT2D eigenvalue weighted by molar-refractivity contribution is 4.81. The third-order valence-corrected chi connectivity index (χ3v) is 3.76. The zero-order valence-electron chi connectivity index (χ0n) is 12.7. The molecule has 1 aliphatic carbocycles. The minimum Gasteiger partial charge on any atom is -0.389 e. The quantitative estimate of drug-likeness (QED) is 0.795. The van der Waals surface area contributed by atoms with Crippen LogP contribution in [0, 0.1) is 11.8 Å². The number of hydrogen-bond donors (Lipinski definition) is 2. The Bertz CT molecular complexity index is 237. The molecule has 4 atom stereocenters. The first kappa shape index (κ1) is 15.9. The first-order valence-electron chi connectivity index (χ1n) is 7.33. The summed E-state index contributed by atoms with van der Waals surface area (Å²) in [4.78, 5) is 0. The Hall–Kier alpha value is -0.120. The van der Waals surface area contributed by atoms with E-state index in [1.165, 1.54) is 19.3 Å². The van der Waals surface area contributed by atoms with Gasteiger partial charge in [-0.25, -0.2) is 0 Å². The lowest BCUT2D eigenvalue weighted by molar-refractivity contribution is -0.0489. The minimum atomic E-state index is -0.407. The number of rotatable bonds is 5.